The number of nitrogens with one attached hydrogen (secondary N) is 2. The maximum absolute atomic E-state index is 12.4. The standard InChI is InChI=1S/C20H21N5O/c26-20(23-8-5-17-12-21-14-24-17)19-11-18(6-9-22-19)25-10-7-15-3-1-2-4-16(15)13-25/h1-4,6,9,11-12,14H,5,7-8,10,13H2,(H,21,24)(H,23,26). The van der Waals surface area contributed by atoms with Crippen molar-refractivity contribution in [3.8, 4) is 0 Å². The predicted molar refractivity (Wildman–Crippen MR) is 100 cm³/mol. The fourth-order valence-corrected chi connectivity index (χ4v) is 3.28. The van der Waals surface area contributed by atoms with Crippen LogP contribution in [0.25, 0.3) is 0 Å². The number of fused-ring (bicyclic) bond motifs is 1. The van der Waals surface area contributed by atoms with Gasteiger partial charge in [0.15, 0.2) is 0 Å². The molecule has 6 nitrogen and oxygen atoms in total. The van der Waals surface area contributed by atoms with Gasteiger partial charge in [0.1, 0.15) is 5.69 Å². The van der Waals surface area contributed by atoms with E-state index in [-0.39, 0.29) is 5.91 Å². The van der Waals surface area contributed by atoms with Crippen molar-refractivity contribution in [2.45, 2.75) is 19.4 Å². The Labute approximate surface area is 152 Å². The lowest BCUT2D eigenvalue weighted by molar-refractivity contribution is 0.0949. The molecule has 0 bridgehead atoms. The van der Waals surface area contributed by atoms with Crippen molar-refractivity contribution in [1.82, 2.24) is 20.3 Å². The molecule has 1 amide bonds. The van der Waals surface area contributed by atoms with Gasteiger partial charge < -0.3 is 15.2 Å². The molecule has 132 valence electrons. The molecule has 0 saturated carbocycles. The van der Waals surface area contributed by atoms with Crippen LogP contribution in [-0.4, -0.2) is 33.9 Å². The second-order valence-electron chi connectivity index (χ2n) is 6.42. The van der Waals surface area contributed by atoms with Crippen LogP contribution in [0.4, 0.5) is 5.69 Å². The van der Waals surface area contributed by atoms with Crippen molar-refractivity contribution in [2.75, 3.05) is 18.0 Å². The normalized spacial score (nSPS) is 13.3. The summed E-state index contributed by atoms with van der Waals surface area (Å²) in [6.45, 7) is 2.35. The Balaban J connectivity index is 1.41. The molecular weight excluding hydrogens is 326 g/mol. The maximum Gasteiger partial charge on any atom is 0.269 e. The highest BCUT2D eigenvalue weighted by Gasteiger charge is 2.17. The van der Waals surface area contributed by atoms with Crippen molar-refractivity contribution in [3.63, 3.8) is 0 Å². The van der Waals surface area contributed by atoms with Crippen LogP contribution in [-0.2, 0) is 19.4 Å². The molecule has 0 aliphatic carbocycles. The Bertz CT molecular complexity index is 891. The van der Waals surface area contributed by atoms with Crippen molar-refractivity contribution in [3.05, 3.63) is 77.6 Å². The summed E-state index contributed by atoms with van der Waals surface area (Å²) in [4.78, 5) is 25.9. The fraction of sp³-hybridized carbons (Fsp3) is 0.250. The number of rotatable bonds is 5. The van der Waals surface area contributed by atoms with Crippen molar-refractivity contribution in [2.24, 2.45) is 0 Å². The van der Waals surface area contributed by atoms with Gasteiger partial charge in [0.05, 0.1) is 6.33 Å². The SMILES string of the molecule is O=C(NCCc1cnc[nH]1)c1cc(N2CCc3ccccc3C2)ccn1. The molecule has 6 heteroatoms. The summed E-state index contributed by atoms with van der Waals surface area (Å²) in [6.07, 6.45) is 6.84. The van der Waals surface area contributed by atoms with Crippen LogP contribution in [0.1, 0.15) is 27.3 Å². The minimum Gasteiger partial charge on any atom is -0.367 e. The average molecular weight is 347 g/mol. The Morgan fingerprint density at radius 1 is 1.23 bits per heavy atom. The van der Waals surface area contributed by atoms with Gasteiger partial charge in [-0.15, -0.1) is 0 Å². The molecule has 1 aliphatic heterocycles. The van der Waals surface area contributed by atoms with Gasteiger partial charge in [-0.05, 0) is 29.7 Å². The van der Waals surface area contributed by atoms with E-state index in [9.17, 15) is 4.79 Å². The van der Waals surface area contributed by atoms with E-state index in [0.29, 0.717) is 18.7 Å². The first-order valence-electron chi connectivity index (χ1n) is 8.83. The third-order valence-corrected chi connectivity index (χ3v) is 4.71. The molecule has 0 radical (unpaired) electrons. The highest BCUT2D eigenvalue weighted by molar-refractivity contribution is 5.93. The van der Waals surface area contributed by atoms with Crippen LogP contribution in [0, 0.1) is 0 Å². The first-order chi connectivity index (χ1) is 12.8. The van der Waals surface area contributed by atoms with E-state index in [0.717, 1.165) is 30.9 Å². The average Bonchev–Trinajstić information content (AvgIpc) is 3.21. The predicted octanol–water partition coefficient (Wildman–Crippen LogP) is 2.34. The summed E-state index contributed by atoms with van der Waals surface area (Å²) >= 11 is 0. The van der Waals surface area contributed by atoms with Crippen molar-refractivity contribution < 1.29 is 4.79 Å². The minimum atomic E-state index is -0.149. The lowest BCUT2D eigenvalue weighted by atomic mass is 9.99. The van der Waals surface area contributed by atoms with Crippen LogP contribution >= 0.6 is 0 Å². The third-order valence-electron chi connectivity index (χ3n) is 4.71. The Hall–Kier alpha value is -3.15. The second-order valence-corrected chi connectivity index (χ2v) is 6.42. The molecule has 2 aromatic heterocycles. The van der Waals surface area contributed by atoms with E-state index in [1.54, 1.807) is 18.7 Å². The molecule has 26 heavy (non-hydrogen) atoms. The highest BCUT2D eigenvalue weighted by Crippen LogP contribution is 2.24. The van der Waals surface area contributed by atoms with E-state index in [4.69, 9.17) is 0 Å². The summed E-state index contributed by atoms with van der Waals surface area (Å²) in [6, 6.07) is 12.4. The van der Waals surface area contributed by atoms with Gasteiger partial charge in [0, 0.05) is 49.8 Å². The largest absolute Gasteiger partial charge is 0.367 e. The molecule has 1 aromatic carbocycles. The van der Waals surface area contributed by atoms with Crippen LogP contribution < -0.4 is 10.2 Å². The Morgan fingerprint density at radius 2 is 2.12 bits per heavy atom. The first kappa shape index (κ1) is 16.3. The lowest BCUT2D eigenvalue weighted by Crippen LogP contribution is -2.31. The molecular formula is C20H21N5O. The van der Waals surface area contributed by atoms with Gasteiger partial charge in [-0.2, -0.15) is 0 Å². The summed E-state index contributed by atoms with van der Waals surface area (Å²) in [5.41, 5.74) is 5.24. The quantitative estimate of drug-likeness (QED) is 0.743. The molecule has 0 fully saturated rings. The number of imidazole rings is 1. The van der Waals surface area contributed by atoms with Crippen LogP contribution in [0.3, 0.4) is 0 Å². The highest BCUT2D eigenvalue weighted by atomic mass is 16.1. The van der Waals surface area contributed by atoms with Crippen LogP contribution in [0.5, 0.6) is 0 Å². The number of H-pyrrole nitrogens is 1. The van der Waals surface area contributed by atoms with Gasteiger partial charge in [0.2, 0.25) is 0 Å². The van der Waals surface area contributed by atoms with Crippen molar-refractivity contribution in [1.29, 1.82) is 0 Å². The van der Waals surface area contributed by atoms with E-state index in [2.05, 4.69) is 49.4 Å². The molecule has 1 aliphatic rings. The van der Waals surface area contributed by atoms with Gasteiger partial charge in [0.25, 0.3) is 5.91 Å². The zero-order valence-corrected chi connectivity index (χ0v) is 14.5. The molecule has 2 N–H and O–H groups in total. The number of nitrogens with zero attached hydrogens (tertiary/aromatic N) is 3. The molecule has 0 atom stereocenters. The number of benzene rings is 1. The van der Waals surface area contributed by atoms with Crippen molar-refractivity contribution >= 4 is 11.6 Å². The van der Waals surface area contributed by atoms with Gasteiger partial charge in [-0.1, -0.05) is 24.3 Å². The zero-order chi connectivity index (χ0) is 17.8. The zero-order valence-electron chi connectivity index (χ0n) is 14.5. The minimum absolute atomic E-state index is 0.149. The van der Waals surface area contributed by atoms with E-state index >= 15 is 0 Å². The Morgan fingerprint density at radius 3 is 2.96 bits per heavy atom. The maximum atomic E-state index is 12.4. The summed E-state index contributed by atoms with van der Waals surface area (Å²) in [7, 11) is 0. The number of carbonyl (C=O) groups is 1. The second kappa shape index (κ2) is 7.39. The van der Waals surface area contributed by atoms with Gasteiger partial charge in [-0.25, -0.2) is 4.98 Å². The smallest absolute Gasteiger partial charge is 0.269 e. The van der Waals surface area contributed by atoms with E-state index in [1.165, 1.54) is 11.1 Å². The topological polar surface area (TPSA) is 73.9 Å². The monoisotopic (exact) mass is 347 g/mol. The van der Waals surface area contributed by atoms with Crippen LogP contribution in [0.2, 0.25) is 0 Å². The first-order valence-corrected chi connectivity index (χ1v) is 8.83. The number of aromatic amines is 1. The van der Waals surface area contributed by atoms with E-state index in [1.807, 2.05) is 12.1 Å². The molecule has 3 heterocycles. The molecule has 3 aromatic rings. The number of anilines is 1. The molecule has 4 rings (SSSR count). The molecule has 0 saturated heterocycles. The van der Waals surface area contributed by atoms with E-state index < -0.39 is 0 Å². The number of hydrogen-bond donors (Lipinski definition) is 2. The summed E-state index contributed by atoms with van der Waals surface area (Å²) < 4.78 is 0. The summed E-state index contributed by atoms with van der Waals surface area (Å²) in [5.74, 6) is -0.149. The lowest BCUT2D eigenvalue weighted by Gasteiger charge is -2.30. The van der Waals surface area contributed by atoms with Gasteiger partial charge >= 0.3 is 0 Å². The molecule has 0 spiro atoms. The molecule has 0 unspecified atom stereocenters. The third kappa shape index (κ3) is 3.59. The van der Waals surface area contributed by atoms with Gasteiger partial charge in [-0.3, -0.25) is 9.78 Å². The number of aromatic nitrogens is 3. The number of carbonyl (C=O) groups excluding carboxylic acids is 1. The van der Waals surface area contributed by atoms with Crippen LogP contribution in [0.15, 0.2) is 55.1 Å². The Kier molecular flexibility index (Phi) is 4.64. The summed E-state index contributed by atoms with van der Waals surface area (Å²) in [5, 5.41) is 2.92. The fourth-order valence-electron chi connectivity index (χ4n) is 3.28. The number of hydrogen-bond acceptors (Lipinski definition) is 4. The number of amides is 1. The number of pyridine rings is 1.